The van der Waals surface area contributed by atoms with Gasteiger partial charge in [0, 0.05) is 6.54 Å². The van der Waals surface area contributed by atoms with Crippen LogP contribution in [0.5, 0.6) is 0 Å². The van der Waals surface area contributed by atoms with Gasteiger partial charge in [0.05, 0.1) is 6.04 Å². The Bertz CT molecular complexity index is 543. The Kier molecular flexibility index (Phi) is 5.06. The molecule has 1 unspecified atom stereocenters. The number of rotatable bonds is 7. The van der Waals surface area contributed by atoms with E-state index in [2.05, 4.69) is 20.8 Å². The van der Waals surface area contributed by atoms with Crippen LogP contribution >= 0.6 is 0 Å². The van der Waals surface area contributed by atoms with Crippen LogP contribution < -0.4 is 10.6 Å². The SMILES string of the molecule is CCNC(C)c1nnc(NCCc2cccc(F)c2)o1. The summed E-state index contributed by atoms with van der Waals surface area (Å²) in [6.45, 7) is 5.44. The molecule has 0 aliphatic heterocycles. The van der Waals surface area contributed by atoms with Gasteiger partial charge in [-0.05, 0) is 37.6 Å². The Morgan fingerprint density at radius 1 is 1.35 bits per heavy atom. The van der Waals surface area contributed by atoms with E-state index >= 15 is 0 Å². The molecule has 0 saturated carbocycles. The molecule has 0 amide bonds. The first kappa shape index (κ1) is 14.5. The van der Waals surface area contributed by atoms with Gasteiger partial charge in [0.1, 0.15) is 5.82 Å². The Morgan fingerprint density at radius 3 is 2.95 bits per heavy atom. The predicted octanol–water partition coefficient (Wildman–Crippen LogP) is 2.53. The first-order valence-corrected chi connectivity index (χ1v) is 6.74. The van der Waals surface area contributed by atoms with E-state index in [9.17, 15) is 4.39 Å². The van der Waals surface area contributed by atoms with Gasteiger partial charge in [0.25, 0.3) is 0 Å². The third-order valence-electron chi connectivity index (χ3n) is 2.90. The molecule has 5 nitrogen and oxygen atoms in total. The van der Waals surface area contributed by atoms with Crippen molar-refractivity contribution in [3.63, 3.8) is 0 Å². The number of anilines is 1. The van der Waals surface area contributed by atoms with Gasteiger partial charge in [0.15, 0.2) is 0 Å². The second-order valence-corrected chi connectivity index (χ2v) is 4.53. The molecule has 1 aromatic carbocycles. The Balaban J connectivity index is 1.82. The zero-order valence-electron chi connectivity index (χ0n) is 11.7. The average molecular weight is 278 g/mol. The van der Waals surface area contributed by atoms with E-state index in [1.165, 1.54) is 12.1 Å². The van der Waals surface area contributed by atoms with Gasteiger partial charge in [-0.15, -0.1) is 5.10 Å². The third-order valence-corrected chi connectivity index (χ3v) is 2.90. The van der Waals surface area contributed by atoms with Crippen molar-refractivity contribution < 1.29 is 8.81 Å². The standard InChI is InChI=1S/C14H19FN4O/c1-3-16-10(2)13-18-19-14(20-13)17-8-7-11-5-4-6-12(15)9-11/h4-6,9-10,16H,3,7-8H2,1-2H3,(H,17,19). The van der Waals surface area contributed by atoms with Crippen molar-refractivity contribution in [2.45, 2.75) is 26.3 Å². The molecular formula is C14H19FN4O. The lowest BCUT2D eigenvalue weighted by molar-refractivity contribution is 0.429. The largest absolute Gasteiger partial charge is 0.406 e. The third kappa shape index (κ3) is 4.03. The monoisotopic (exact) mass is 278 g/mol. The van der Waals surface area contributed by atoms with Crippen molar-refractivity contribution in [1.29, 1.82) is 0 Å². The van der Waals surface area contributed by atoms with Crippen LogP contribution in [0.2, 0.25) is 0 Å². The average Bonchev–Trinajstić information content (AvgIpc) is 2.88. The van der Waals surface area contributed by atoms with E-state index in [1.54, 1.807) is 6.07 Å². The van der Waals surface area contributed by atoms with Gasteiger partial charge in [-0.2, -0.15) is 0 Å². The van der Waals surface area contributed by atoms with Gasteiger partial charge in [-0.1, -0.05) is 24.2 Å². The maximum atomic E-state index is 13.0. The van der Waals surface area contributed by atoms with Crippen molar-refractivity contribution in [3.05, 3.63) is 41.5 Å². The van der Waals surface area contributed by atoms with Crippen LogP contribution in [0.1, 0.15) is 31.3 Å². The van der Waals surface area contributed by atoms with Crippen molar-refractivity contribution >= 4 is 6.01 Å². The second kappa shape index (κ2) is 7.00. The van der Waals surface area contributed by atoms with Crippen LogP contribution in [-0.2, 0) is 6.42 Å². The van der Waals surface area contributed by atoms with E-state index in [1.807, 2.05) is 19.9 Å². The minimum absolute atomic E-state index is 0.0336. The van der Waals surface area contributed by atoms with Crippen LogP contribution in [-0.4, -0.2) is 23.3 Å². The molecule has 0 radical (unpaired) electrons. The van der Waals surface area contributed by atoms with E-state index < -0.39 is 0 Å². The topological polar surface area (TPSA) is 63.0 Å². The number of nitrogens with one attached hydrogen (secondary N) is 2. The summed E-state index contributed by atoms with van der Waals surface area (Å²) in [5.74, 6) is 0.335. The lowest BCUT2D eigenvalue weighted by atomic mass is 10.1. The van der Waals surface area contributed by atoms with Crippen LogP contribution in [0.4, 0.5) is 10.4 Å². The first-order valence-electron chi connectivity index (χ1n) is 6.74. The minimum atomic E-state index is -0.220. The second-order valence-electron chi connectivity index (χ2n) is 4.53. The van der Waals surface area contributed by atoms with Crippen LogP contribution in [0.25, 0.3) is 0 Å². The molecule has 2 N–H and O–H groups in total. The summed E-state index contributed by atoms with van der Waals surface area (Å²) in [6.07, 6.45) is 0.693. The Hall–Kier alpha value is -1.95. The molecule has 0 aliphatic rings. The first-order chi connectivity index (χ1) is 9.69. The zero-order chi connectivity index (χ0) is 14.4. The molecule has 0 bridgehead atoms. The zero-order valence-corrected chi connectivity index (χ0v) is 11.7. The van der Waals surface area contributed by atoms with E-state index in [4.69, 9.17) is 4.42 Å². The van der Waals surface area contributed by atoms with Gasteiger partial charge < -0.3 is 15.1 Å². The van der Waals surface area contributed by atoms with Crippen molar-refractivity contribution in [1.82, 2.24) is 15.5 Å². The Labute approximate surface area is 117 Å². The van der Waals surface area contributed by atoms with E-state index in [-0.39, 0.29) is 11.9 Å². The molecule has 1 atom stereocenters. The molecule has 0 aliphatic carbocycles. The van der Waals surface area contributed by atoms with Crippen LogP contribution in [0, 0.1) is 5.82 Å². The molecule has 0 fully saturated rings. The number of nitrogens with zero attached hydrogens (tertiary/aromatic N) is 2. The highest BCUT2D eigenvalue weighted by Gasteiger charge is 2.12. The van der Waals surface area contributed by atoms with E-state index in [0.29, 0.717) is 24.9 Å². The number of hydrogen-bond acceptors (Lipinski definition) is 5. The highest BCUT2D eigenvalue weighted by molar-refractivity contribution is 5.21. The summed E-state index contributed by atoms with van der Waals surface area (Å²) < 4.78 is 18.5. The molecule has 108 valence electrons. The number of halogens is 1. The highest BCUT2D eigenvalue weighted by Crippen LogP contribution is 2.13. The lowest BCUT2D eigenvalue weighted by Gasteiger charge is -2.06. The summed E-state index contributed by atoms with van der Waals surface area (Å²) in [5.41, 5.74) is 0.929. The molecule has 1 aromatic heterocycles. The van der Waals surface area contributed by atoms with Gasteiger partial charge in [0.2, 0.25) is 5.89 Å². The molecule has 2 rings (SSSR count). The summed E-state index contributed by atoms with van der Waals surface area (Å²) in [4.78, 5) is 0. The summed E-state index contributed by atoms with van der Waals surface area (Å²) in [5, 5.41) is 14.1. The van der Waals surface area contributed by atoms with Gasteiger partial charge >= 0.3 is 6.01 Å². The van der Waals surface area contributed by atoms with Crippen molar-refractivity contribution in [2.24, 2.45) is 0 Å². The lowest BCUT2D eigenvalue weighted by Crippen LogP contribution is -2.17. The highest BCUT2D eigenvalue weighted by atomic mass is 19.1. The Morgan fingerprint density at radius 2 is 2.20 bits per heavy atom. The summed E-state index contributed by atoms with van der Waals surface area (Å²) in [6, 6.07) is 6.97. The summed E-state index contributed by atoms with van der Waals surface area (Å²) in [7, 11) is 0. The fourth-order valence-corrected chi connectivity index (χ4v) is 1.88. The van der Waals surface area contributed by atoms with Crippen molar-refractivity contribution in [3.8, 4) is 0 Å². The van der Waals surface area contributed by atoms with E-state index in [0.717, 1.165) is 12.1 Å². The fraction of sp³-hybridized carbons (Fsp3) is 0.429. The molecule has 0 saturated heterocycles. The van der Waals surface area contributed by atoms with Crippen molar-refractivity contribution in [2.75, 3.05) is 18.4 Å². The smallest absolute Gasteiger partial charge is 0.315 e. The molecule has 20 heavy (non-hydrogen) atoms. The van der Waals surface area contributed by atoms with Crippen LogP contribution in [0.15, 0.2) is 28.7 Å². The molecule has 6 heteroatoms. The number of aromatic nitrogens is 2. The predicted molar refractivity (Wildman–Crippen MR) is 75.0 cm³/mol. The van der Waals surface area contributed by atoms with Gasteiger partial charge in [-0.25, -0.2) is 4.39 Å². The molecular weight excluding hydrogens is 259 g/mol. The quantitative estimate of drug-likeness (QED) is 0.815. The molecule has 2 aromatic rings. The molecule has 1 heterocycles. The van der Waals surface area contributed by atoms with Gasteiger partial charge in [-0.3, -0.25) is 0 Å². The fourth-order valence-electron chi connectivity index (χ4n) is 1.88. The molecule has 0 spiro atoms. The normalized spacial score (nSPS) is 12.3. The minimum Gasteiger partial charge on any atom is -0.406 e. The maximum absolute atomic E-state index is 13.0. The van der Waals surface area contributed by atoms with Crippen LogP contribution in [0.3, 0.4) is 0 Å². The maximum Gasteiger partial charge on any atom is 0.315 e. The number of hydrogen-bond donors (Lipinski definition) is 2. The number of benzene rings is 1. The summed E-state index contributed by atoms with van der Waals surface area (Å²) >= 11 is 0.